The molecule has 0 unspecified atom stereocenters. The Morgan fingerprint density at radius 2 is 1.61 bits per heavy atom. The molecule has 2 saturated heterocycles. The lowest BCUT2D eigenvalue weighted by Gasteiger charge is -2.40. The van der Waals surface area contributed by atoms with Gasteiger partial charge in [-0.1, -0.05) is 42.8 Å². The van der Waals surface area contributed by atoms with Crippen LogP contribution < -0.4 is 5.32 Å². The first-order valence-corrected chi connectivity index (χ1v) is 12.1. The Labute approximate surface area is 195 Å². The number of amides is 1. The zero-order valence-corrected chi connectivity index (χ0v) is 19.0. The number of nitrogens with zero attached hydrogens (tertiary/aromatic N) is 4. The van der Waals surface area contributed by atoms with Crippen molar-refractivity contribution in [2.75, 3.05) is 31.5 Å². The second-order valence-corrected chi connectivity index (χ2v) is 9.00. The molecule has 2 fully saturated rings. The largest absolute Gasteiger partial charge is 0.339 e. The molecule has 6 heteroatoms. The van der Waals surface area contributed by atoms with Crippen molar-refractivity contribution < 1.29 is 4.79 Å². The Kier molecular flexibility index (Phi) is 6.63. The summed E-state index contributed by atoms with van der Waals surface area (Å²) in [6, 6.07) is 22.2. The highest BCUT2D eigenvalue weighted by molar-refractivity contribution is 5.95. The lowest BCUT2D eigenvalue weighted by atomic mass is 9.99. The Hall–Kier alpha value is -3.25. The molecule has 33 heavy (non-hydrogen) atoms. The van der Waals surface area contributed by atoms with E-state index in [1.165, 1.54) is 32.4 Å². The average Bonchev–Trinajstić information content (AvgIpc) is 2.90. The third kappa shape index (κ3) is 5.22. The van der Waals surface area contributed by atoms with E-state index >= 15 is 0 Å². The predicted octanol–water partition coefficient (Wildman–Crippen LogP) is 4.98. The maximum atomic E-state index is 13.1. The second kappa shape index (κ2) is 10.1. The molecule has 5 rings (SSSR count). The number of piperidine rings is 2. The highest BCUT2D eigenvalue weighted by Crippen LogP contribution is 2.24. The van der Waals surface area contributed by atoms with Crippen LogP contribution in [0.5, 0.6) is 0 Å². The molecule has 0 spiro atoms. The van der Waals surface area contributed by atoms with Gasteiger partial charge in [0.05, 0.1) is 5.69 Å². The maximum Gasteiger partial charge on any atom is 0.253 e. The van der Waals surface area contributed by atoms with E-state index in [1.54, 1.807) is 0 Å². The summed E-state index contributed by atoms with van der Waals surface area (Å²) >= 11 is 0. The summed E-state index contributed by atoms with van der Waals surface area (Å²) in [5.41, 5.74) is 3.42. The van der Waals surface area contributed by atoms with E-state index in [1.807, 2.05) is 71.6 Å². The molecule has 0 aliphatic carbocycles. The van der Waals surface area contributed by atoms with E-state index in [4.69, 9.17) is 0 Å². The van der Waals surface area contributed by atoms with Gasteiger partial charge in [-0.2, -0.15) is 0 Å². The Bertz CT molecular complexity index is 1060. The van der Waals surface area contributed by atoms with Gasteiger partial charge < -0.3 is 15.1 Å². The fourth-order valence-corrected chi connectivity index (χ4v) is 4.94. The highest BCUT2D eigenvalue weighted by Gasteiger charge is 2.28. The van der Waals surface area contributed by atoms with Crippen LogP contribution in [0.15, 0.2) is 66.7 Å². The molecule has 2 aliphatic heterocycles. The topological polar surface area (TPSA) is 61.4 Å². The minimum absolute atomic E-state index is 0.112. The van der Waals surface area contributed by atoms with Crippen LogP contribution in [0.4, 0.5) is 11.5 Å². The van der Waals surface area contributed by atoms with Gasteiger partial charge in [-0.25, -0.2) is 0 Å². The second-order valence-electron chi connectivity index (χ2n) is 9.00. The Morgan fingerprint density at radius 3 is 2.33 bits per heavy atom. The average molecular weight is 442 g/mol. The molecule has 0 radical (unpaired) electrons. The fraction of sp³-hybridized carbons (Fsp3) is 0.370. The van der Waals surface area contributed by atoms with Crippen molar-refractivity contribution in [1.82, 2.24) is 20.0 Å². The number of rotatable bonds is 5. The van der Waals surface area contributed by atoms with Crippen molar-refractivity contribution in [2.45, 2.75) is 38.1 Å². The molecular formula is C27H31N5O. The Morgan fingerprint density at radius 1 is 0.818 bits per heavy atom. The zero-order valence-electron chi connectivity index (χ0n) is 19.0. The number of anilines is 2. The van der Waals surface area contributed by atoms with Crippen molar-refractivity contribution >= 4 is 17.4 Å². The van der Waals surface area contributed by atoms with Crippen LogP contribution in [0.25, 0.3) is 11.3 Å². The summed E-state index contributed by atoms with van der Waals surface area (Å²) in [5.74, 6) is 0.767. The van der Waals surface area contributed by atoms with E-state index in [2.05, 4.69) is 20.4 Å². The number of hydrogen-bond acceptors (Lipinski definition) is 5. The van der Waals surface area contributed by atoms with Gasteiger partial charge in [-0.15, -0.1) is 10.2 Å². The van der Waals surface area contributed by atoms with Crippen LogP contribution in [0.3, 0.4) is 0 Å². The maximum absolute atomic E-state index is 13.1. The van der Waals surface area contributed by atoms with Crippen molar-refractivity contribution in [3.8, 4) is 11.3 Å². The van der Waals surface area contributed by atoms with E-state index in [-0.39, 0.29) is 5.91 Å². The lowest BCUT2D eigenvalue weighted by Crippen LogP contribution is -2.48. The SMILES string of the molecule is O=C(c1cccc(Nc2ccc(-c3ccccc3)nn2)c1)N1CCC(N2CCCCC2)CC1. The van der Waals surface area contributed by atoms with Crippen LogP contribution in [0.1, 0.15) is 42.5 Å². The molecule has 0 atom stereocenters. The first kappa shape index (κ1) is 21.6. The summed E-state index contributed by atoms with van der Waals surface area (Å²) in [6.45, 7) is 4.12. The lowest BCUT2D eigenvalue weighted by molar-refractivity contribution is 0.0590. The molecule has 1 aromatic heterocycles. The molecule has 2 aromatic carbocycles. The van der Waals surface area contributed by atoms with Crippen LogP contribution in [-0.4, -0.2) is 58.1 Å². The number of carbonyl (C=O) groups is 1. The molecule has 3 heterocycles. The van der Waals surface area contributed by atoms with E-state index in [0.29, 0.717) is 17.4 Å². The standard InChI is InChI=1S/C27H31N5O/c33-27(32-18-14-24(15-19-32)31-16-5-2-6-17-31)22-10-7-11-23(20-22)28-26-13-12-25(29-30-26)21-8-3-1-4-9-21/h1,3-4,7-13,20,24H,2,5-6,14-19H2,(H,28,30). The molecular weight excluding hydrogens is 410 g/mol. The number of likely N-dealkylation sites (tertiary alicyclic amines) is 2. The first-order valence-electron chi connectivity index (χ1n) is 12.1. The van der Waals surface area contributed by atoms with Crippen LogP contribution in [0.2, 0.25) is 0 Å². The minimum Gasteiger partial charge on any atom is -0.339 e. The van der Waals surface area contributed by atoms with Crippen molar-refractivity contribution in [3.63, 3.8) is 0 Å². The van der Waals surface area contributed by atoms with Crippen molar-refractivity contribution in [1.29, 1.82) is 0 Å². The van der Waals surface area contributed by atoms with E-state index in [9.17, 15) is 4.79 Å². The number of aromatic nitrogens is 2. The molecule has 2 aliphatic rings. The highest BCUT2D eigenvalue weighted by atomic mass is 16.2. The molecule has 170 valence electrons. The van der Waals surface area contributed by atoms with Gasteiger partial charge in [0.25, 0.3) is 5.91 Å². The van der Waals surface area contributed by atoms with Crippen LogP contribution in [-0.2, 0) is 0 Å². The molecule has 6 nitrogen and oxygen atoms in total. The van der Waals surface area contributed by atoms with Gasteiger partial charge in [-0.3, -0.25) is 4.79 Å². The molecule has 3 aromatic rings. The van der Waals surface area contributed by atoms with Gasteiger partial charge in [0.1, 0.15) is 0 Å². The minimum atomic E-state index is 0.112. The van der Waals surface area contributed by atoms with Gasteiger partial charge in [0, 0.05) is 35.9 Å². The smallest absolute Gasteiger partial charge is 0.253 e. The summed E-state index contributed by atoms with van der Waals surface area (Å²) in [5, 5.41) is 11.9. The molecule has 1 N–H and O–H groups in total. The fourth-order valence-electron chi connectivity index (χ4n) is 4.94. The van der Waals surface area contributed by atoms with Gasteiger partial charge in [0.2, 0.25) is 0 Å². The number of hydrogen-bond donors (Lipinski definition) is 1. The number of benzene rings is 2. The quantitative estimate of drug-likeness (QED) is 0.605. The predicted molar refractivity (Wildman–Crippen MR) is 132 cm³/mol. The van der Waals surface area contributed by atoms with Crippen molar-refractivity contribution in [2.24, 2.45) is 0 Å². The van der Waals surface area contributed by atoms with Gasteiger partial charge >= 0.3 is 0 Å². The number of nitrogens with one attached hydrogen (secondary N) is 1. The molecule has 0 bridgehead atoms. The summed E-state index contributed by atoms with van der Waals surface area (Å²) < 4.78 is 0. The third-order valence-electron chi connectivity index (χ3n) is 6.77. The summed E-state index contributed by atoms with van der Waals surface area (Å²) in [4.78, 5) is 17.8. The summed E-state index contributed by atoms with van der Waals surface area (Å²) in [7, 11) is 0. The zero-order chi connectivity index (χ0) is 22.5. The van der Waals surface area contributed by atoms with E-state index < -0.39 is 0 Å². The molecule has 1 amide bonds. The number of carbonyl (C=O) groups excluding carboxylic acids is 1. The van der Waals surface area contributed by atoms with Crippen LogP contribution >= 0.6 is 0 Å². The first-order chi connectivity index (χ1) is 16.3. The van der Waals surface area contributed by atoms with Gasteiger partial charge in [0.15, 0.2) is 5.82 Å². The monoisotopic (exact) mass is 441 g/mol. The van der Waals surface area contributed by atoms with Crippen LogP contribution in [0, 0.1) is 0 Å². The molecule has 0 saturated carbocycles. The van der Waals surface area contributed by atoms with E-state index in [0.717, 1.165) is 42.9 Å². The third-order valence-corrected chi connectivity index (χ3v) is 6.77. The normalized spacial score (nSPS) is 17.6. The Balaban J connectivity index is 1.20. The van der Waals surface area contributed by atoms with Crippen molar-refractivity contribution in [3.05, 3.63) is 72.3 Å². The summed E-state index contributed by atoms with van der Waals surface area (Å²) in [6.07, 6.45) is 6.15. The van der Waals surface area contributed by atoms with Gasteiger partial charge in [-0.05, 0) is 69.1 Å².